The summed E-state index contributed by atoms with van der Waals surface area (Å²) in [7, 11) is 0. The SMILES string of the molecule is N#[N+]c1ccc(N2CCCC2)c(Cl)c1. The lowest BCUT2D eigenvalue weighted by molar-refractivity contribution is 0.949. The van der Waals surface area contributed by atoms with Gasteiger partial charge in [0.2, 0.25) is 5.39 Å². The van der Waals surface area contributed by atoms with Crippen LogP contribution in [-0.4, -0.2) is 13.1 Å². The first kappa shape index (κ1) is 9.29. The fraction of sp³-hybridized carbons (Fsp3) is 0.400. The van der Waals surface area contributed by atoms with Gasteiger partial charge in [-0.15, -0.1) is 0 Å². The molecule has 1 fully saturated rings. The number of hydrogen-bond donors (Lipinski definition) is 0. The third-order valence-electron chi connectivity index (χ3n) is 2.49. The van der Waals surface area contributed by atoms with Crippen LogP contribution in [0.2, 0.25) is 5.02 Å². The largest absolute Gasteiger partial charge is 0.386 e. The smallest absolute Gasteiger partial charge is 0.370 e. The van der Waals surface area contributed by atoms with Gasteiger partial charge in [0.15, 0.2) is 4.98 Å². The zero-order valence-corrected chi connectivity index (χ0v) is 8.54. The minimum atomic E-state index is 0.498. The second kappa shape index (κ2) is 3.85. The molecule has 1 saturated heterocycles. The van der Waals surface area contributed by atoms with Gasteiger partial charge in [-0.2, -0.15) is 0 Å². The molecule has 3 nitrogen and oxygen atoms in total. The standard InChI is InChI=1S/C10H11ClN3/c11-9-7-8(13-12)3-4-10(9)14-5-1-2-6-14/h3-4,7H,1-2,5-6H2/q+1. The van der Waals surface area contributed by atoms with Crippen LogP contribution in [0.3, 0.4) is 0 Å². The molecule has 0 aromatic heterocycles. The molecule has 0 N–H and O–H groups in total. The normalized spacial score (nSPS) is 15.6. The minimum Gasteiger partial charge on any atom is -0.370 e. The van der Waals surface area contributed by atoms with Crippen molar-refractivity contribution in [3.05, 3.63) is 28.2 Å². The average Bonchev–Trinajstić information content (AvgIpc) is 2.70. The number of benzene rings is 1. The summed E-state index contributed by atoms with van der Waals surface area (Å²) in [4.78, 5) is 5.35. The highest BCUT2D eigenvalue weighted by Crippen LogP contribution is 2.31. The van der Waals surface area contributed by atoms with E-state index in [1.807, 2.05) is 6.07 Å². The number of hydrogen-bond acceptors (Lipinski definition) is 2. The van der Waals surface area contributed by atoms with Crippen molar-refractivity contribution in [2.45, 2.75) is 12.8 Å². The van der Waals surface area contributed by atoms with Crippen LogP contribution in [0.4, 0.5) is 11.4 Å². The summed E-state index contributed by atoms with van der Waals surface area (Å²) in [5.74, 6) is 0. The summed E-state index contributed by atoms with van der Waals surface area (Å²) in [5, 5.41) is 9.23. The molecule has 1 aliphatic rings. The van der Waals surface area contributed by atoms with Crippen LogP contribution in [0.25, 0.3) is 4.98 Å². The predicted molar refractivity (Wildman–Crippen MR) is 57.6 cm³/mol. The summed E-state index contributed by atoms with van der Waals surface area (Å²) in [6, 6.07) is 5.34. The molecule has 0 spiro atoms. The van der Waals surface area contributed by atoms with Crippen molar-refractivity contribution in [3.63, 3.8) is 0 Å². The quantitative estimate of drug-likeness (QED) is 0.663. The highest BCUT2D eigenvalue weighted by atomic mass is 35.5. The van der Waals surface area contributed by atoms with E-state index < -0.39 is 0 Å². The van der Waals surface area contributed by atoms with Gasteiger partial charge in [0.1, 0.15) is 0 Å². The molecule has 1 aromatic carbocycles. The molecule has 0 saturated carbocycles. The van der Waals surface area contributed by atoms with Crippen LogP contribution in [-0.2, 0) is 0 Å². The van der Waals surface area contributed by atoms with Crippen LogP contribution >= 0.6 is 11.6 Å². The molecule has 2 rings (SSSR count). The van der Waals surface area contributed by atoms with Gasteiger partial charge >= 0.3 is 5.69 Å². The van der Waals surface area contributed by atoms with E-state index >= 15 is 0 Å². The first-order chi connectivity index (χ1) is 6.81. The summed E-state index contributed by atoms with van der Waals surface area (Å²) < 4.78 is 0. The van der Waals surface area contributed by atoms with Crippen molar-refractivity contribution >= 4 is 23.0 Å². The lowest BCUT2D eigenvalue weighted by Crippen LogP contribution is -2.17. The maximum atomic E-state index is 8.57. The first-order valence-electron chi connectivity index (χ1n) is 4.71. The Kier molecular flexibility index (Phi) is 2.55. The molecule has 0 radical (unpaired) electrons. The van der Waals surface area contributed by atoms with E-state index in [1.165, 1.54) is 12.8 Å². The van der Waals surface area contributed by atoms with Gasteiger partial charge in [0, 0.05) is 19.2 Å². The van der Waals surface area contributed by atoms with Gasteiger partial charge in [0.25, 0.3) is 0 Å². The maximum absolute atomic E-state index is 8.57. The third kappa shape index (κ3) is 1.66. The van der Waals surface area contributed by atoms with Crippen molar-refractivity contribution in [3.8, 4) is 0 Å². The molecular formula is C10H11ClN3+. The van der Waals surface area contributed by atoms with Gasteiger partial charge in [-0.05, 0) is 18.9 Å². The first-order valence-corrected chi connectivity index (χ1v) is 5.08. The van der Waals surface area contributed by atoms with Crippen molar-refractivity contribution in [1.29, 1.82) is 5.39 Å². The fourth-order valence-electron chi connectivity index (χ4n) is 1.77. The summed E-state index contributed by atoms with van der Waals surface area (Å²) in [6.07, 6.45) is 2.45. The molecule has 0 bridgehead atoms. The van der Waals surface area contributed by atoms with Crippen molar-refractivity contribution in [1.82, 2.24) is 0 Å². The van der Waals surface area contributed by atoms with Gasteiger partial charge in [-0.1, -0.05) is 11.6 Å². The Balaban J connectivity index is 2.30. The Hall–Kier alpha value is -1.27. The van der Waals surface area contributed by atoms with Crippen LogP contribution in [0.15, 0.2) is 18.2 Å². The zero-order valence-electron chi connectivity index (χ0n) is 7.78. The van der Waals surface area contributed by atoms with Crippen LogP contribution < -0.4 is 4.90 Å². The van der Waals surface area contributed by atoms with E-state index in [9.17, 15) is 0 Å². The molecule has 72 valence electrons. The Bertz CT molecular complexity index is 377. The predicted octanol–water partition coefficient (Wildman–Crippen LogP) is 3.42. The maximum Gasteiger partial charge on any atom is 0.386 e. The molecule has 1 aromatic rings. The van der Waals surface area contributed by atoms with Crippen LogP contribution in [0, 0.1) is 5.39 Å². The second-order valence-corrected chi connectivity index (χ2v) is 3.84. The summed E-state index contributed by atoms with van der Waals surface area (Å²) in [6.45, 7) is 2.13. The van der Waals surface area contributed by atoms with Gasteiger partial charge in [-0.3, -0.25) is 0 Å². The topological polar surface area (TPSA) is 31.4 Å². The molecule has 1 aliphatic heterocycles. The van der Waals surface area contributed by atoms with E-state index in [2.05, 4.69) is 9.88 Å². The highest BCUT2D eigenvalue weighted by molar-refractivity contribution is 6.33. The lowest BCUT2D eigenvalue weighted by atomic mass is 10.2. The van der Waals surface area contributed by atoms with Crippen molar-refractivity contribution in [2.75, 3.05) is 18.0 Å². The van der Waals surface area contributed by atoms with Crippen molar-refractivity contribution in [2.24, 2.45) is 0 Å². The molecule has 0 amide bonds. The van der Waals surface area contributed by atoms with Gasteiger partial charge in [-0.25, -0.2) is 0 Å². The number of diazo groups is 1. The third-order valence-corrected chi connectivity index (χ3v) is 2.80. The van der Waals surface area contributed by atoms with Gasteiger partial charge in [0.05, 0.1) is 16.8 Å². The molecule has 0 unspecified atom stereocenters. The van der Waals surface area contributed by atoms with Crippen molar-refractivity contribution < 1.29 is 0 Å². The number of rotatable bonds is 1. The Morgan fingerprint density at radius 1 is 1.29 bits per heavy atom. The average molecular weight is 209 g/mol. The summed E-state index contributed by atoms with van der Waals surface area (Å²) in [5.41, 5.74) is 1.54. The van der Waals surface area contributed by atoms with E-state index in [0.29, 0.717) is 10.7 Å². The Morgan fingerprint density at radius 2 is 2.00 bits per heavy atom. The monoisotopic (exact) mass is 208 g/mol. The molecular weight excluding hydrogens is 198 g/mol. The number of halogens is 1. The number of nitrogens with zero attached hydrogens (tertiary/aromatic N) is 3. The Morgan fingerprint density at radius 3 is 2.57 bits per heavy atom. The summed E-state index contributed by atoms with van der Waals surface area (Å²) >= 11 is 6.08. The zero-order chi connectivity index (χ0) is 9.97. The second-order valence-electron chi connectivity index (χ2n) is 3.43. The van der Waals surface area contributed by atoms with E-state index in [-0.39, 0.29) is 0 Å². The van der Waals surface area contributed by atoms with Gasteiger partial charge < -0.3 is 4.90 Å². The molecule has 4 heteroatoms. The van der Waals surface area contributed by atoms with E-state index in [4.69, 9.17) is 17.0 Å². The number of anilines is 1. The molecule has 14 heavy (non-hydrogen) atoms. The fourth-order valence-corrected chi connectivity index (χ4v) is 2.07. The van der Waals surface area contributed by atoms with E-state index in [0.717, 1.165) is 18.8 Å². The van der Waals surface area contributed by atoms with E-state index in [1.54, 1.807) is 12.1 Å². The minimum absolute atomic E-state index is 0.498. The van der Waals surface area contributed by atoms with Crippen LogP contribution in [0.5, 0.6) is 0 Å². The van der Waals surface area contributed by atoms with Crippen LogP contribution in [0.1, 0.15) is 12.8 Å². The molecule has 0 aliphatic carbocycles. The Labute approximate surface area is 87.9 Å². The lowest BCUT2D eigenvalue weighted by Gasteiger charge is -2.17. The molecule has 1 heterocycles. The highest BCUT2D eigenvalue weighted by Gasteiger charge is 2.17. The molecule has 0 atom stereocenters.